The third kappa shape index (κ3) is 4.13. The van der Waals surface area contributed by atoms with Crippen LogP contribution in [0.4, 0.5) is 0 Å². The van der Waals surface area contributed by atoms with Gasteiger partial charge in [-0.1, -0.05) is 30.7 Å². The number of phenols is 1. The van der Waals surface area contributed by atoms with Gasteiger partial charge in [-0.15, -0.1) is 0 Å². The molecule has 1 atom stereocenters. The molecule has 112 valence electrons. The average molecular weight is 306 g/mol. The molecule has 0 bridgehead atoms. The summed E-state index contributed by atoms with van der Waals surface area (Å²) in [7, 11) is 1.62. The van der Waals surface area contributed by atoms with Crippen molar-refractivity contribution in [2.75, 3.05) is 7.11 Å². The molecule has 2 aromatic carbocycles. The molecule has 0 amide bonds. The van der Waals surface area contributed by atoms with Crippen LogP contribution in [0.15, 0.2) is 42.5 Å². The van der Waals surface area contributed by atoms with Crippen molar-refractivity contribution in [1.29, 1.82) is 0 Å². The minimum absolute atomic E-state index is 0.216. The molecule has 1 unspecified atom stereocenters. The van der Waals surface area contributed by atoms with Gasteiger partial charge in [0.15, 0.2) is 0 Å². The highest BCUT2D eigenvalue weighted by atomic mass is 35.5. The SMILES string of the molecule is CCC(NCc1cc(OC)ccc1O)c1ccc(Cl)cc1. The molecule has 3 nitrogen and oxygen atoms in total. The van der Waals surface area contributed by atoms with Crippen molar-refractivity contribution in [1.82, 2.24) is 5.32 Å². The van der Waals surface area contributed by atoms with Crippen molar-refractivity contribution in [2.24, 2.45) is 0 Å². The topological polar surface area (TPSA) is 41.5 Å². The number of hydrogen-bond acceptors (Lipinski definition) is 3. The number of benzene rings is 2. The number of ether oxygens (including phenoxy) is 1. The number of aromatic hydroxyl groups is 1. The van der Waals surface area contributed by atoms with Crippen LogP contribution in [-0.4, -0.2) is 12.2 Å². The van der Waals surface area contributed by atoms with Gasteiger partial charge in [-0.05, 0) is 42.3 Å². The molecule has 0 aliphatic heterocycles. The number of rotatable bonds is 6. The predicted molar refractivity (Wildman–Crippen MR) is 86.0 cm³/mol. The standard InChI is InChI=1S/C17H20ClNO2/c1-3-16(12-4-6-14(18)7-5-12)19-11-13-10-15(21-2)8-9-17(13)20/h4-10,16,19-20H,3,11H2,1-2H3. The van der Waals surface area contributed by atoms with Gasteiger partial charge in [0.25, 0.3) is 0 Å². The van der Waals surface area contributed by atoms with Crippen molar-refractivity contribution in [3.8, 4) is 11.5 Å². The first kappa shape index (κ1) is 15.7. The smallest absolute Gasteiger partial charge is 0.120 e. The van der Waals surface area contributed by atoms with Crippen LogP contribution < -0.4 is 10.1 Å². The summed E-state index contributed by atoms with van der Waals surface area (Å²) < 4.78 is 5.19. The van der Waals surface area contributed by atoms with Gasteiger partial charge in [0.2, 0.25) is 0 Å². The van der Waals surface area contributed by atoms with E-state index in [2.05, 4.69) is 12.2 Å². The highest BCUT2D eigenvalue weighted by molar-refractivity contribution is 6.30. The van der Waals surface area contributed by atoms with Gasteiger partial charge in [0, 0.05) is 23.2 Å². The molecular formula is C17H20ClNO2. The predicted octanol–water partition coefficient (Wildman–Crippen LogP) is 4.30. The molecule has 21 heavy (non-hydrogen) atoms. The molecule has 0 aromatic heterocycles. The molecular weight excluding hydrogens is 286 g/mol. The Balaban J connectivity index is 2.08. The Hall–Kier alpha value is -1.71. The Morgan fingerprint density at radius 2 is 1.90 bits per heavy atom. The van der Waals surface area contributed by atoms with Crippen LogP contribution in [0.1, 0.15) is 30.5 Å². The first-order valence-corrected chi connectivity index (χ1v) is 7.36. The van der Waals surface area contributed by atoms with Crippen molar-refractivity contribution in [2.45, 2.75) is 25.9 Å². The van der Waals surface area contributed by atoms with Crippen LogP contribution >= 0.6 is 11.6 Å². The average Bonchev–Trinajstić information content (AvgIpc) is 2.51. The zero-order valence-electron chi connectivity index (χ0n) is 12.3. The van der Waals surface area contributed by atoms with E-state index in [-0.39, 0.29) is 11.8 Å². The van der Waals surface area contributed by atoms with Gasteiger partial charge < -0.3 is 15.2 Å². The summed E-state index contributed by atoms with van der Waals surface area (Å²) in [6, 6.07) is 13.3. The maximum atomic E-state index is 9.91. The van der Waals surface area contributed by atoms with E-state index in [0.29, 0.717) is 6.54 Å². The molecule has 0 radical (unpaired) electrons. The number of methoxy groups -OCH3 is 1. The van der Waals surface area contributed by atoms with Crippen LogP contribution in [0.3, 0.4) is 0 Å². The van der Waals surface area contributed by atoms with E-state index in [1.807, 2.05) is 30.3 Å². The Morgan fingerprint density at radius 3 is 2.52 bits per heavy atom. The van der Waals surface area contributed by atoms with Gasteiger partial charge in [-0.3, -0.25) is 0 Å². The molecule has 0 aliphatic carbocycles. The highest BCUT2D eigenvalue weighted by Crippen LogP contribution is 2.25. The largest absolute Gasteiger partial charge is 0.508 e. The van der Waals surface area contributed by atoms with Gasteiger partial charge in [-0.25, -0.2) is 0 Å². The number of hydrogen-bond donors (Lipinski definition) is 2. The van der Waals surface area contributed by atoms with E-state index < -0.39 is 0 Å². The summed E-state index contributed by atoms with van der Waals surface area (Å²) in [4.78, 5) is 0. The molecule has 0 spiro atoms. The van der Waals surface area contributed by atoms with E-state index >= 15 is 0 Å². The first-order chi connectivity index (χ1) is 10.1. The van der Waals surface area contributed by atoms with Crippen molar-refractivity contribution < 1.29 is 9.84 Å². The molecule has 0 heterocycles. The zero-order valence-corrected chi connectivity index (χ0v) is 13.0. The van der Waals surface area contributed by atoms with E-state index in [1.165, 1.54) is 5.56 Å². The molecule has 4 heteroatoms. The summed E-state index contributed by atoms with van der Waals surface area (Å²) in [5, 5.41) is 14.1. The molecule has 0 fully saturated rings. The van der Waals surface area contributed by atoms with E-state index in [4.69, 9.17) is 16.3 Å². The highest BCUT2D eigenvalue weighted by Gasteiger charge is 2.10. The molecule has 2 rings (SSSR count). The summed E-state index contributed by atoms with van der Waals surface area (Å²) in [5.41, 5.74) is 2.01. The minimum Gasteiger partial charge on any atom is -0.508 e. The third-order valence-electron chi connectivity index (χ3n) is 3.51. The van der Waals surface area contributed by atoms with Gasteiger partial charge >= 0.3 is 0 Å². The summed E-state index contributed by atoms with van der Waals surface area (Å²) in [5.74, 6) is 1.01. The number of halogens is 1. The fourth-order valence-electron chi connectivity index (χ4n) is 2.26. The molecule has 2 N–H and O–H groups in total. The van der Waals surface area contributed by atoms with Crippen molar-refractivity contribution >= 4 is 11.6 Å². The number of phenolic OH excluding ortho intramolecular Hbond substituents is 1. The maximum absolute atomic E-state index is 9.91. The monoisotopic (exact) mass is 305 g/mol. The maximum Gasteiger partial charge on any atom is 0.120 e. The van der Waals surface area contributed by atoms with Crippen LogP contribution in [0.5, 0.6) is 11.5 Å². The lowest BCUT2D eigenvalue weighted by molar-refractivity contribution is 0.409. The Kier molecular flexibility index (Phi) is 5.48. The van der Waals surface area contributed by atoms with Crippen LogP contribution in [0.25, 0.3) is 0 Å². The molecule has 0 saturated carbocycles. The summed E-state index contributed by atoms with van der Waals surface area (Å²) >= 11 is 5.92. The third-order valence-corrected chi connectivity index (χ3v) is 3.76. The van der Waals surface area contributed by atoms with Crippen LogP contribution in [0, 0.1) is 0 Å². The number of nitrogens with one attached hydrogen (secondary N) is 1. The zero-order chi connectivity index (χ0) is 15.2. The quantitative estimate of drug-likeness (QED) is 0.836. The van der Waals surface area contributed by atoms with Gasteiger partial charge in [0.1, 0.15) is 11.5 Å². The molecule has 2 aromatic rings. The van der Waals surface area contributed by atoms with Gasteiger partial charge in [-0.2, -0.15) is 0 Å². The second kappa shape index (κ2) is 7.34. The van der Waals surface area contributed by atoms with E-state index in [0.717, 1.165) is 22.8 Å². The summed E-state index contributed by atoms with van der Waals surface area (Å²) in [6.45, 7) is 2.70. The second-order valence-corrected chi connectivity index (χ2v) is 5.32. The normalized spacial score (nSPS) is 12.1. The first-order valence-electron chi connectivity index (χ1n) is 6.98. The fraction of sp³-hybridized carbons (Fsp3) is 0.294. The Labute approximate surface area is 130 Å². The van der Waals surface area contributed by atoms with Crippen molar-refractivity contribution in [3.63, 3.8) is 0 Å². The Bertz CT molecular complexity index is 584. The Morgan fingerprint density at radius 1 is 1.19 bits per heavy atom. The second-order valence-electron chi connectivity index (χ2n) is 4.89. The van der Waals surface area contributed by atoms with E-state index in [9.17, 15) is 5.11 Å². The van der Waals surface area contributed by atoms with E-state index in [1.54, 1.807) is 19.2 Å². The lowest BCUT2D eigenvalue weighted by Crippen LogP contribution is -2.20. The lowest BCUT2D eigenvalue weighted by Gasteiger charge is -2.18. The van der Waals surface area contributed by atoms with Crippen LogP contribution in [-0.2, 0) is 6.54 Å². The molecule has 0 aliphatic rings. The van der Waals surface area contributed by atoms with Crippen LogP contribution in [0.2, 0.25) is 5.02 Å². The minimum atomic E-state index is 0.216. The molecule has 0 saturated heterocycles. The lowest BCUT2D eigenvalue weighted by atomic mass is 10.0. The fourth-order valence-corrected chi connectivity index (χ4v) is 2.38. The van der Waals surface area contributed by atoms with Gasteiger partial charge in [0.05, 0.1) is 7.11 Å². The summed E-state index contributed by atoms with van der Waals surface area (Å²) in [6.07, 6.45) is 0.951. The van der Waals surface area contributed by atoms with Crippen molar-refractivity contribution in [3.05, 3.63) is 58.6 Å².